The number of nitrogens with two attached hydrogens (primary N) is 1. The van der Waals surface area contributed by atoms with Gasteiger partial charge in [0, 0.05) is 31.4 Å². The van der Waals surface area contributed by atoms with Gasteiger partial charge in [-0.2, -0.15) is 0 Å². The van der Waals surface area contributed by atoms with Crippen LogP contribution in [0.5, 0.6) is 0 Å². The molecule has 0 spiro atoms. The van der Waals surface area contributed by atoms with Gasteiger partial charge in [-0.25, -0.2) is 0 Å². The molecule has 0 aliphatic carbocycles. The summed E-state index contributed by atoms with van der Waals surface area (Å²) in [7, 11) is 0. The second-order valence-corrected chi connectivity index (χ2v) is 6.56. The summed E-state index contributed by atoms with van der Waals surface area (Å²) in [5.41, 5.74) is 10.2. The van der Waals surface area contributed by atoms with E-state index in [2.05, 4.69) is 41.4 Å². The van der Waals surface area contributed by atoms with Gasteiger partial charge in [-0.15, -0.1) is 0 Å². The Labute approximate surface area is 143 Å². The van der Waals surface area contributed by atoms with Crippen LogP contribution in [0.2, 0.25) is 0 Å². The average Bonchev–Trinajstić information content (AvgIpc) is 2.61. The highest BCUT2D eigenvalue weighted by Gasteiger charge is 2.20. The Morgan fingerprint density at radius 2 is 1.88 bits per heavy atom. The Morgan fingerprint density at radius 3 is 2.62 bits per heavy atom. The zero-order valence-corrected chi connectivity index (χ0v) is 14.2. The standard InChI is InChI=1S/C20H25N3O/c1-15(23-11-10-17-4-2-3-5-18(17)14-23)13-22-20(24)12-16-6-8-19(21)9-7-16/h2-9,15H,10-14,21H2,1H3,(H,22,24). The van der Waals surface area contributed by atoms with Crippen LogP contribution >= 0.6 is 0 Å². The topological polar surface area (TPSA) is 58.4 Å². The van der Waals surface area contributed by atoms with Crippen molar-refractivity contribution < 1.29 is 4.79 Å². The Balaban J connectivity index is 1.48. The minimum Gasteiger partial charge on any atom is -0.399 e. The summed E-state index contributed by atoms with van der Waals surface area (Å²) < 4.78 is 0. The molecule has 3 rings (SSSR count). The lowest BCUT2D eigenvalue weighted by atomic mass is 9.99. The highest BCUT2D eigenvalue weighted by Crippen LogP contribution is 2.19. The zero-order valence-electron chi connectivity index (χ0n) is 14.2. The first-order valence-corrected chi connectivity index (χ1v) is 8.54. The molecule has 4 heteroatoms. The zero-order chi connectivity index (χ0) is 16.9. The van der Waals surface area contributed by atoms with E-state index in [1.165, 1.54) is 11.1 Å². The lowest BCUT2D eigenvalue weighted by Crippen LogP contribution is -2.44. The number of anilines is 1. The van der Waals surface area contributed by atoms with Gasteiger partial charge in [0.15, 0.2) is 0 Å². The molecule has 2 aromatic rings. The first-order valence-electron chi connectivity index (χ1n) is 8.54. The molecule has 0 saturated carbocycles. The van der Waals surface area contributed by atoms with Crippen molar-refractivity contribution in [1.29, 1.82) is 0 Å². The van der Waals surface area contributed by atoms with Gasteiger partial charge < -0.3 is 11.1 Å². The van der Waals surface area contributed by atoms with Gasteiger partial charge in [0.2, 0.25) is 5.91 Å². The lowest BCUT2D eigenvalue weighted by Gasteiger charge is -2.33. The average molecular weight is 323 g/mol. The molecule has 1 aliphatic heterocycles. The van der Waals surface area contributed by atoms with Gasteiger partial charge in [-0.05, 0) is 42.2 Å². The van der Waals surface area contributed by atoms with Crippen LogP contribution in [-0.2, 0) is 24.2 Å². The highest BCUT2D eigenvalue weighted by molar-refractivity contribution is 5.78. The molecule has 2 aromatic carbocycles. The predicted octanol–water partition coefficient (Wildman–Crippen LogP) is 2.37. The summed E-state index contributed by atoms with van der Waals surface area (Å²) in [4.78, 5) is 14.6. The van der Waals surface area contributed by atoms with E-state index >= 15 is 0 Å². The maximum absolute atomic E-state index is 12.1. The fourth-order valence-electron chi connectivity index (χ4n) is 3.17. The van der Waals surface area contributed by atoms with Gasteiger partial charge in [-0.1, -0.05) is 36.4 Å². The number of amides is 1. The predicted molar refractivity (Wildman–Crippen MR) is 97.6 cm³/mol. The second kappa shape index (κ2) is 7.49. The van der Waals surface area contributed by atoms with Crippen molar-refractivity contribution in [1.82, 2.24) is 10.2 Å². The van der Waals surface area contributed by atoms with Crippen LogP contribution < -0.4 is 11.1 Å². The van der Waals surface area contributed by atoms with Crippen molar-refractivity contribution in [3.63, 3.8) is 0 Å². The number of rotatable bonds is 5. The summed E-state index contributed by atoms with van der Waals surface area (Å²) in [5.74, 6) is 0.0593. The van der Waals surface area contributed by atoms with E-state index < -0.39 is 0 Å². The molecule has 0 bridgehead atoms. The molecule has 1 aliphatic rings. The smallest absolute Gasteiger partial charge is 0.224 e. The van der Waals surface area contributed by atoms with Crippen LogP contribution in [-0.4, -0.2) is 29.9 Å². The minimum atomic E-state index is 0.0593. The van der Waals surface area contributed by atoms with Crippen LogP contribution in [0.4, 0.5) is 5.69 Å². The summed E-state index contributed by atoms with van der Waals surface area (Å²) >= 11 is 0. The van der Waals surface area contributed by atoms with Crippen molar-refractivity contribution in [3.05, 3.63) is 65.2 Å². The number of nitrogens with zero attached hydrogens (tertiary/aromatic N) is 1. The maximum atomic E-state index is 12.1. The number of nitrogens with one attached hydrogen (secondary N) is 1. The molecule has 126 valence electrons. The first-order chi connectivity index (χ1) is 11.6. The van der Waals surface area contributed by atoms with Crippen molar-refractivity contribution >= 4 is 11.6 Å². The fourth-order valence-corrected chi connectivity index (χ4v) is 3.17. The third-order valence-corrected chi connectivity index (χ3v) is 4.72. The molecule has 4 nitrogen and oxygen atoms in total. The third-order valence-electron chi connectivity index (χ3n) is 4.72. The summed E-state index contributed by atoms with van der Waals surface area (Å²) in [5, 5.41) is 3.05. The molecule has 1 unspecified atom stereocenters. The van der Waals surface area contributed by atoms with Crippen molar-refractivity contribution in [2.75, 3.05) is 18.8 Å². The summed E-state index contributed by atoms with van der Waals surface area (Å²) in [6, 6.07) is 16.4. The van der Waals surface area contributed by atoms with E-state index in [1.807, 2.05) is 24.3 Å². The van der Waals surface area contributed by atoms with E-state index in [1.54, 1.807) is 0 Å². The van der Waals surface area contributed by atoms with Gasteiger partial charge >= 0.3 is 0 Å². The molecule has 3 N–H and O–H groups in total. The molecule has 0 radical (unpaired) electrons. The van der Waals surface area contributed by atoms with E-state index in [4.69, 9.17) is 5.73 Å². The Hall–Kier alpha value is -2.33. The second-order valence-electron chi connectivity index (χ2n) is 6.56. The van der Waals surface area contributed by atoms with Crippen LogP contribution in [0, 0.1) is 0 Å². The molecule has 1 atom stereocenters. The number of nitrogen functional groups attached to an aromatic ring is 1. The molecule has 0 saturated heterocycles. The number of hydrogen-bond donors (Lipinski definition) is 2. The summed E-state index contributed by atoms with van der Waals surface area (Å²) in [6.45, 7) is 4.87. The van der Waals surface area contributed by atoms with Crippen molar-refractivity contribution in [2.45, 2.75) is 32.4 Å². The molecular formula is C20H25N3O. The van der Waals surface area contributed by atoms with Crippen LogP contribution in [0.3, 0.4) is 0 Å². The highest BCUT2D eigenvalue weighted by atomic mass is 16.1. The molecular weight excluding hydrogens is 298 g/mol. The Kier molecular flexibility index (Phi) is 5.16. The van der Waals surface area contributed by atoms with Crippen molar-refractivity contribution in [2.24, 2.45) is 0 Å². The van der Waals surface area contributed by atoms with E-state index in [0.717, 1.165) is 30.8 Å². The van der Waals surface area contributed by atoms with Crippen LogP contribution in [0.15, 0.2) is 48.5 Å². The van der Waals surface area contributed by atoms with E-state index in [9.17, 15) is 4.79 Å². The van der Waals surface area contributed by atoms with Gasteiger partial charge in [0.1, 0.15) is 0 Å². The number of benzene rings is 2. The quantitative estimate of drug-likeness (QED) is 0.831. The number of fused-ring (bicyclic) bond motifs is 1. The molecule has 24 heavy (non-hydrogen) atoms. The third kappa shape index (κ3) is 4.15. The first kappa shape index (κ1) is 16.5. The number of carbonyl (C=O) groups is 1. The van der Waals surface area contributed by atoms with Crippen LogP contribution in [0.1, 0.15) is 23.6 Å². The monoisotopic (exact) mass is 323 g/mol. The fraction of sp³-hybridized carbons (Fsp3) is 0.350. The molecule has 1 amide bonds. The SMILES string of the molecule is CC(CNC(=O)Cc1ccc(N)cc1)N1CCc2ccccc2C1. The van der Waals surface area contributed by atoms with Crippen LogP contribution in [0.25, 0.3) is 0 Å². The van der Waals surface area contributed by atoms with Gasteiger partial charge in [0.05, 0.1) is 6.42 Å². The normalized spacial score (nSPS) is 15.5. The van der Waals surface area contributed by atoms with Gasteiger partial charge in [-0.3, -0.25) is 9.69 Å². The van der Waals surface area contributed by atoms with E-state index in [-0.39, 0.29) is 5.91 Å². The molecule has 0 aromatic heterocycles. The summed E-state index contributed by atoms with van der Waals surface area (Å²) in [6.07, 6.45) is 1.48. The largest absolute Gasteiger partial charge is 0.399 e. The molecule has 0 fully saturated rings. The van der Waals surface area contributed by atoms with Crippen molar-refractivity contribution in [3.8, 4) is 0 Å². The Bertz CT molecular complexity index is 696. The number of carbonyl (C=O) groups excluding carboxylic acids is 1. The van der Waals surface area contributed by atoms with E-state index in [0.29, 0.717) is 19.0 Å². The van der Waals surface area contributed by atoms with Gasteiger partial charge in [0.25, 0.3) is 0 Å². The Morgan fingerprint density at radius 1 is 1.17 bits per heavy atom. The molecule has 1 heterocycles. The lowest BCUT2D eigenvalue weighted by molar-refractivity contribution is -0.120. The maximum Gasteiger partial charge on any atom is 0.224 e. The minimum absolute atomic E-state index is 0.0593. The number of hydrogen-bond acceptors (Lipinski definition) is 3.